The molecule has 0 amide bonds. The van der Waals surface area contributed by atoms with Gasteiger partial charge >= 0.3 is 0 Å². The highest BCUT2D eigenvalue weighted by Gasteiger charge is 2.23. The summed E-state index contributed by atoms with van der Waals surface area (Å²) in [6, 6.07) is 6.70. The normalized spacial score (nSPS) is 18.7. The van der Waals surface area contributed by atoms with E-state index in [4.69, 9.17) is 0 Å². The fourth-order valence-electron chi connectivity index (χ4n) is 3.51. The van der Waals surface area contributed by atoms with Gasteiger partial charge in [-0.1, -0.05) is 6.07 Å². The average molecular weight is 328 g/mol. The van der Waals surface area contributed by atoms with Gasteiger partial charge in [-0.15, -0.1) is 10.2 Å². The highest BCUT2D eigenvalue weighted by Crippen LogP contribution is 2.19. The molecule has 1 fully saturated rings. The molecule has 3 rings (SSSR count). The lowest BCUT2D eigenvalue weighted by molar-refractivity contribution is 0.156. The van der Waals surface area contributed by atoms with Gasteiger partial charge in [0.2, 0.25) is 0 Å². The Balaban J connectivity index is 1.80. The van der Waals surface area contributed by atoms with Crippen molar-refractivity contribution < 1.29 is 0 Å². The minimum absolute atomic E-state index is 0.560. The number of aryl methyl sites for hydroxylation is 1. The van der Waals surface area contributed by atoms with Gasteiger partial charge in [0.1, 0.15) is 11.6 Å². The fourth-order valence-corrected chi connectivity index (χ4v) is 3.51. The van der Waals surface area contributed by atoms with Crippen LogP contribution in [0.3, 0.4) is 0 Å². The lowest BCUT2D eigenvalue weighted by atomic mass is 10.1. The van der Waals surface area contributed by atoms with E-state index in [2.05, 4.69) is 49.0 Å². The Morgan fingerprint density at radius 3 is 2.92 bits per heavy atom. The molecule has 1 atom stereocenters. The molecule has 0 saturated carbocycles. The predicted molar refractivity (Wildman–Crippen MR) is 94.4 cm³/mol. The Hall–Kier alpha value is -1.79. The van der Waals surface area contributed by atoms with Gasteiger partial charge in [-0.05, 0) is 58.3 Å². The van der Waals surface area contributed by atoms with E-state index < -0.39 is 0 Å². The molecular weight excluding hydrogens is 300 g/mol. The molecule has 0 aromatic carbocycles. The molecule has 1 N–H and O–H groups in total. The molecule has 2 aromatic rings. The van der Waals surface area contributed by atoms with Gasteiger partial charge in [-0.25, -0.2) is 0 Å². The Morgan fingerprint density at radius 1 is 1.21 bits per heavy atom. The number of rotatable bonds is 6. The van der Waals surface area contributed by atoms with Gasteiger partial charge in [-0.3, -0.25) is 9.88 Å². The number of pyridine rings is 1. The number of nitrogens with zero attached hydrogens (tertiary/aromatic N) is 5. The van der Waals surface area contributed by atoms with Crippen LogP contribution >= 0.6 is 0 Å². The van der Waals surface area contributed by atoms with Crippen molar-refractivity contribution in [3.63, 3.8) is 0 Å². The van der Waals surface area contributed by atoms with Crippen molar-refractivity contribution in [2.45, 2.75) is 58.8 Å². The third kappa shape index (κ3) is 4.19. The molecule has 6 heteroatoms. The third-order valence-electron chi connectivity index (χ3n) is 4.83. The Bertz CT molecular complexity index is 616. The number of nitrogens with one attached hydrogen (secondary N) is 1. The monoisotopic (exact) mass is 328 g/mol. The number of hydrogen-bond acceptors (Lipinski definition) is 5. The maximum Gasteiger partial charge on any atom is 0.147 e. The molecular formula is C18H28N6. The molecule has 130 valence electrons. The van der Waals surface area contributed by atoms with E-state index in [0.29, 0.717) is 6.04 Å². The van der Waals surface area contributed by atoms with E-state index in [1.807, 2.05) is 19.2 Å². The second kappa shape index (κ2) is 8.35. The first kappa shape index (κ1) is 17.0. The molecule has 1 aliphatic heterocycles. The molecule has 0 aliphatic carbocycles. The summed E-state index contributed by atoms with van der Waals surface area (Å²) in [5.74, 6) is 2.05. The van der Waals surface area contributed by atoms with Crippen LogP contribution in [0.4, 0.5) is 0 Å². The van der Waals surface area contributed by atoms with E-state index in [1.165, 1.54) is 19.3 Å². The molecule has 0 unspecified atom stereocenters. The van der Waals surface area contributed by atoms with E-state index in [1.54, 1.807) is 0 Å². The summed E-state index contributed by atoms with van der Waals surface area (Å²) < 4.78 is 2.21. The van der Waals surface area contributed by atoms with Crippen LogP contribution < -0.4 is 5.32 Å². The van der Waals surface area contributed by atoms with Crippen LogP contribution in [0.1, 0.15) is 43.5 Å². The van der Waals surface area contributed by atoms with Crippen LogP contribution in [0.15, 0.2) is 24.4 Å². The van der Waals surface area contributed by atoms with E-state index in [9.17, 15) is 0 Å². The van der Waals surface area contributed by atoms with Crippen LogP contribution in [0.25, 0.3) is 0 Å². The van der Waals surface area contributed by atoms with Crippen molar-refractivity contribution in [1.29, 1.82) is 0 Å². The Kier molecular flexibility index (Phi) is 5.93. The molecule has 1 saturated heterocycles. The molecule has 0 bridgehead atoms. The maximum absolute atomic E-state index is 4.53. The standard InChI is InChI=1S/C18H28N6/c1-3-24-15(2)21-22-18(24)14-23(13-16-7-4-5-11-20-16)17-8-6-10-19-12-9-17/h4-5,7,11,17,19H,3,6,8-10,12-14H2,1-2H3/t17-/m1/s1. The summed E-state index contributed by atoms with van der Waals surface area (Å²) >= 11 is 0. The lowest BCUT2D eigenvalue weighted by Crippen LogP contribution is -2.36. The quantitative estimate of drug-likeness (QED) is 0.880. The van der Waals surface area contributed by atoms with Gasteiger partial charge < -0.3 is 9.88 Å². The smallest absolute Gasteiger partial charge is 0.147 e. The zero-order valence-electron chi connectivity index (χ0n) is 14.8. The number of aromatic nitrogens is 4. The third-order valence-corrected chi connectivity index (χ3v) is 4.83. The van der Waals surface area contributed by atoms with Gasteiger partial charge in [0, 0.05) is 25.3 Å². The zero-order chi connectivity index (χ0) is 16.8. The van der Waals surface area contributed by atoms with Crippen LogP contribution in [0, 0.1) is 6.92 Å². The van der Waals surface area contributed by atoms with Crippen molar-refractivity contribution in [3.8, 4) is 0 Å². The van der Waals surface area contributed by atoms with E-state index >= 15 is 0 Å². The first-order valence-corrected chi connectivity index (χ1v) is 9.01. The Labute approximate surface area is 144 Å². The second-order valence-corrected chi connectivity index (χ2v) is 6.47. The van der Waals surface area contributed by atoms with Crippen molar-refractivity contribution >= 4 is 0 Å². The highest BCUT2D eigenvalue weighted by molar-refractivity contribution is 5.04. The molecule has 3 heterocycles. The first-order valence-electron chi connectivity index (χ1n) is 9.01. The van der Waals surface area contributed by atoms with Gasteiger partial charge in [0.25, 0.3) is 0 Å². The molecule has 1 aliphatic rings. The predicted octanol–water partition coefficient (Wildman–Crippen LogP) is 2.15. The van der Waals surface area contributed by atoms with Crippen molar-refractivity contribution in [3.05, 3.63) is 41.7 Å². The van der Waals surface area contributed by atoms with Crippen molar-refractivity contribution in [1.82, 2.24) is 30.0 Å². The molecule has 24 heavy (non-hydrogen) atoms. The molecule has 0 radical (unpaired) electrons. The summed E-state index contributed by atoms with van der Waals surface area (Å²) in [6.07, 6.45) is 5.49. The minimum Gasteiger partial charge on any atom is -0.317 e. The maximum atomic E-state index is 4.53. The first-order chi connectivity index (χ1) is 11.8. The fraction of sp³-hybridized carbons (Fsp3) is 0.611. The number of hydrogen-bond donors (Lipinski definition) is 1. The van der Waals surface area contributed by atoms with Crippen molar-refractivity contribution in [2.75, 3.05) is 13.1 Å². The van der Waals surface area contributed by atoms with Crippen LogP contribution in [-0.4, -0.2) is 43.8 Å². The highest BCUT2D eigenvalue weighted by atomic mass is 15.3. The van der Waals surface area contributed by atoms with Gasteiger partial charge in [0.15, 0.2) is 0 Å². The van der Waals surface area contributed by atoms with E-state index in [-0.39, 0.29) is 0 Å². The van der Waals surface area contributed by atoms with Gasteiger partial charge in [0.05, 0.1) is 12.2 Å². The Morgan fingerprint density at radius 2 is 2.12 bits per heavy atom. The van der Waals surface area contributed by atoms with Crippen molar-refractivity contribution in [2.24, 2.45) is 0 Å². The summed E-state index contributed by atoms with van der Waals surface area (Å²) in [7, 11) is 0. The lowest BCUT2D eigenvalue weighted by Gasteiger charge is -2.30. The van der Waals surface area contributed by atoms with Gasteiger partial charge in [-0.2, -0.15) is 0 Å². The summed E-state index contributed by atoms with van der Waals surface area (Å²) in [5, 5.41) is 12.2. The largest absolute Gasteiger partial charge is 0.317 e. The zero-order valence-corrected chi connectivity index (χ0v) is 14.8. The summed E-state index contributed by atoms with van der Waals surface area (Å²) in [5.41, 5.74) is 1.12. The van der Waals surface area contributed by atoms with Crippen LogP contribution in [0.2, 0.25) is 0 Å². The molecule has 0 spiro atoms. The second-order valence-electron chi connectivity index (χ2n) is 6.47. The molecule has 6 nitrogen and oxygen atoms in total. The average Bonchev–Trinajstić information content (AvgIpc) is 2.80. The van der Waals surface area contributed by atoms with Crippen LogP contribution in [0.5, 0.6) is 0 Å². The summed E-state index contributed by atoms with van der Waals surface area (Å²) in [6.45, 7) is 8.99. The van der Waals surface area contributed by atoms with E-state index in [0.717, 1.165) is 50.1 Å². The molecule has 2 aromatic heterocycles. The van der Waals surface area contributed by atoms with Crippen LogP contribution in [-0.2, 0) is 19.6 Å². The SMILES string of the molecule is CCn1c(C)nnc1CN(Cc1ccccn1)[C@@H]1CCCNCC1. The minimum atomic E-state index is 0.560. The summed E-state index contributed by atoms with van der Waals surface area (Å²) in [4.78, 5) is 7.06. The topological polar surface area (TPSA) is 58.9 Å².